The fraction of sp³-hybridized carbons (Fsp3) is 0.182. The van der Waals surface area contributed by atoms with Crippen molar-refractivity contribution in [2.45, 2.75) is 20.1 Å². The van der Waals surface area contributed by atoms with E-state index in [0.29, 0.717) is 12.3 Å². The van der Waals surface area contributed by atoms with Gasteiger partial charge >= 0.3 is 0 Å². The molecule has 0 aliphatic carbocycles. The molecule has 2 aromatic carbocycles. The number of pyridine rings is 1. The molecule has 0 unspecified atom stereocenters. The highest BCUT2D eigenvalue weighted by molar-refractivity contribution is 5.56. The topological polar surface area (TPSA) is 109 Å². The lowest BCUT2D eigenvalue weighted by Crippen LogP contribution is -2.18. The number of hydrogen-bond acceptors (Lipinski definition) is 7. The fourth-order valence-corrected chi connectivity index (χ4v) is 2.68. The Morgan fingerprint density at radius 1 is 1.00 bits per heavy atom. The van der Waals surface area contributed by atoms with Gasteiger partial charge in [0, 0.05) is 12.6 Å². The summed E-state index contributed by atoms with van der Waals surface area (Å²) in [7, 11) is 1.37. The van der Waals surface area contributed by atoms with E-state index in [1.165, 1.54) is 7.05 Å². The van der Waals surface area contributed by atoms with Crippen LogP contribution in [0.15, 0.2) is 69.6 Å². The summed E-state index contributed by atoms with van der Waals surface area (Å²) in [4.78, 5) is 22.7. The molecule has 30 heavy (non-hydrogen) atoms. The van der Waals surface area contributed by atoms with Gasteiger partial charge in [-0.15, -0.1) is 5.11 Å². The number of nitriles is 1. The van der Waals surface area contributed by atoms with Crippen molar-refractivity contribution in [2.24, 2.45) is 17.3 Å². The van der Waals surface area contributed by atoms with Crippen LogP contribution in [0.2, 0.25) is 0 Å². The van der Waals surface area contributed by atoms with Gasteiger partial charge in [0.05, 0.1) is 5.69 Å². The molecule has 0 spiro atoms. The van der Waals surface area contributed by atoms with E-state index in [0.717, 1.165) is 15.7 Å². The Labute approximate surface area is 173 Å². The molecule has 0 saturated heterocycles. The van der Waals surface area contributed by atoms with E-state index in [1.807, 2.05) is 48.5 Å². The summed E-state index contributed by atoms with van der Waals surface area (Å²) in [5.74, 6) is -0.391. The maximum Gasteiger partial charge on any atom is 0.281 e. The fourth-order valence-electron chi connectivity index (χ4n) is 2.68. The molecule has 0 aliphatic rings. The number of nitrogens with zero attached hydrogens (tertiary/aromatic N) is 4. The Hall–Kier alpha value is -3.80. The number of aromatic nitrogens is 1. The van der Waals surface area contributed by atoms with Gasteiger partial charge in [0.2, 0.25) is 5.88 Å². The number of hydrogen-bond donors (Lipinski definition) is 1. The van der Waals surface area contributed by atoms with Crippen molar-refractivity contribution < 1.29 is 14.9 Å². The molecule has 0 radical (unpaired) electrons. The molecular weight excluding hydrogens is 384 g/mol. The molecule has 152 valence electrons. The summed E-state index contributed by atoms with van der Waals surface area (Å²) in [6, 6.07) is 18.6. The lowest BCUT2D eigenvalue weighted by molar-refractivity contribution is -0.313. The highest BCUT2D eigenvalue weighted by atomic mass is 17.2. The SMILES string of the molecule is Cc1c(C#N)c(O)n(C)c(=O)c1N=Nc1ccc(COOCc2ccccc2)cc1. The van der Waals surface area contributed by atoms with Gasteiger partial charge in [-0.3, -0.25) is 9.36 Å². The van der Waals surface area contributed by atoms with Crippen molar-refractivity contribution in [2.75, 3.05) is 0 Å². The normalized spacial score (nSPS) is 11.0. The summed E-state index contributed by atoms with van der Waals surface area (Å²) >= 11 is 0. The number of benzene rings is 2. The summed E-state index contributed by atoms with van der Waals surface area (Å²) < 4.78 is 0.968. The first-order valence-electron chi connectivity index (χ1n) is 9.13. The van der Waals surface area contributed by atoms with Gasteiger partial charge in [0.15, 0.2) is 5.69 Å². The molecule has 0 bridgehead atoms. The molecule has 3 aromatic rings. The van der Waals surface area contributed by atoms with Gasteiger partial charge in [-0.1, -0.05) is 42.5 Å². The Bertz CT molecular complexity index is 1150. The highest BCUT2D eigenvalue weighted by Gasteiger charge is 2.16. The lowest BCUT2D eigenvalue weighted by atomic mass is 10.1. The Morgan fingerprint density at radius 3 is 2.20 bits per heavy atom. The van der Waals surface area contributed by atoms with Crippen molar-refractivity contribution in [3.8, 4) is 11.9 Å². The standard InChI is InChI=1S/C22H20N4O4/c1-15-19(12-23)21(27)26(2)22(28)20(15)25-24-18-10-8-17(9-11-18)14-30-29-13-16-6-4-3-5-7-16/h3-11,27H,13-14H2,1-2H3. The first kappa shape index (κ1) is 20.9. The molecule has 8 heteroatoms. The van der Waals surface area contributed by atoms with Crippen molar-refractivity contribution in [3.63, 3.8) is 0 Å². The van der Waals surface area contributed by atoms with E-state index in [4.69, 9.17) is 9.78 Å². The quantitative estimate of drug-likeness (QED) is 0.273. The van der Waals surface area contributed by atoms with E-state index in [9.17, 15) is 15.2 Å². The molecule has 3 rings (SSSR count). The first-order valence-corrected chi connectivity index (χ1v) is 9.13. The van der Waals surface area contributed by atoms with Crippen LogP contribution in [0.25, 0.3) is 0 Å². The lowest BCUT2D eigenvalue weighted by Gasteiger charge is -2.08. The molecule has 0 saturated carbocycles. The second-order valence-electron chi connectivity index (χ2n) is 6.52. The van der Waals surface area contributed by atoms with E-state index in [1.54, 1.807) is 19.1 Å². The second kappa shape index (κ2) is 9.60. The van der Waals surface area contributed by atoms with Gasteiger partial charge in [-0.05, 0) is 30.2 Å². The van der Waals surface area contributed by atoms with Crippen molar-refractivity contribution in [1.29, 1.82) is 5.26 Å². The second-order valence-corrected chi connectivity index (χ2v) is 6.52. The minimum Gasteiger partial charge on any atom is -0.493 e. The number of aromatic hydroxyl groups is 1. The van der Waals surface area contributed by atoms with Crippen LogP contribution in [0.1, 0.15) is 22.3 Å². The number of rotatable bonds is 7. The van der Waals surface area contributed by atoms with Gasteiger partial charge in [-0.2, -0.15) is 10.4 Å². The van der Waals surface area contributed by atoms with Crippen LogP contribution in [0.3, 0.4) is 0 Å². The summed E-state index contributed by atoms with van der Waals surface area (Å²) in [6.45, 7) is 2.18. The molecule has 1 N–H and O–H groups in total. The van der Waals surface area contributed by atoms with Crippen molar-refractivity contribution in [1.82, 2.24) is 4.57 Å². The third-order valence-electron chi connectivity index (χ3n) is 4.47. The molecule has 1 aromatic heterocycles. The predicted octanol–water partition coefficient (Wildman–Crippen LogP) is 4.33. The van der Waals surface area contributed by atoms with E-state index < -0.39 is 11.4 Å². The largest absolute Gasteiger partial charge is 0.493 e. The van der Waals surface area contributed by atoms with Gasteiger partial charge in [0.25, 0.3) is 5.56 Å². The zero-order valence-electron chi connectivity index (χ0n) is 16.6. The molecule has 0 fully saturated rings. The van der Waals surface area contributed by atoms with Crippen LogP contribution in [-0.2, 0) is 30.0 Å². The average molecular weight is 404 g/mol. The van der Waals surface area contributed by atoms with Crippen LogP contribution in [-0.4, -0.2) is 9.67 Å². The molecular formula is C22H20N4O4. The van der Waals surface area contributed by atoms with Crippen molar-refractivity contribution >= 4 is 11.4 Å². The molecule has 8 nitrogen and oxygen atoms in total. The van der Waals surface area contributed by atoms with Crippen LogP contribution in [0.4, 0.5) is 11.4 Å². The zero-order valence-corrected chi connectivity index (χ0v) is 16.6. The molecule has 0 atom stereocenters. The van der Waals surface area contributed by atoms with Gasteiger partial charge < -0.3 is 5.11 Å². The monoisotopic (exact) mass is 404 g/mol. The third-order valence-corrected chi connectivity index (χ3v) is 4.47. The number of azo groups is 1. The van der Waals surface area contributed by atoms with Crippen LogP contribution in [0, 0.1) is 18.3 Å². The maximum absolute atomic E-state index is 12.3. The summed E-state index contributed by atoms with van der Waals surface area (Å²) in [5.41, 5.74) is 2.17. The first-order chi connectivity index (χ1) is 14.5. The minimum atomic E-state index is -0.534. The Balaban J connectivity index is 1.63. The average Bonchev–Trinajstić information content (AvgIpc) is 2.77. The smallest absolute Gasteiger partial charge is 0.281 e. The van der Waals surface area contributed by atoms with E-state index >= 15 is 0 Å². The molecule has 0 amide bonds. The maximum atomic E-state index is 12.3. The third kappa shape index (κ3) is 4.78. The van der Waals surface area contributed by atoms with Gasteiger partial charge in [-0.25, -0.2) is 9.78 Å². The van der Waals surface area contributed by atoms with Crippen molar-refractivity contribution in [3.05, 3.63) is 87.2 Å². The Kier molecular flexibility index (Phi) is 6.70. The van der Waals surface area contributed by atoms with E-state index in [-0.39, 0.29) is 23.4 Å². The highest BCUT2D eigenvalue weighted by Crippen LogP contribution is 2.26. The van der Waals surface area contributed by atoms with Crippen LogP contribution < -0.4 is 5.56 Å². The minimum absolute atomic E-state index is 0.00551. The van der Waals surface area contributed by atoms with E-state index in [2.05, 4.69) is 10.2 Å². The van der Waals surface area contributed by atoms with Gasteiger partial charge in [0.1, 0.15) is 24.8 Å². The summed E-state index contributed by atoms with van der Waals surface area (Å²) in [6.07, 6.45) is 0. The van der Waals surface area contributed by atoms with Crippen LogP contribution in [0.5, 0.6) is 5.88 Å². The predicted molar refractivity (Wildman–Crippen MR) is 109 cm³/mol. The zero-order chi connectivity index (χ0) is 21.5. The molecule has 0 aliphatic heterocycles. The molecule has 1 heterocycles. The van der Waals surface area contributed by atoms with Crippen LogP contribution >= 0.6 is 0 Å². The Morgan fingerprint density at radius 2 is 1.60 bits per heavy atom. The summed E-state index contributed by atoms with van der Waals surface area (Å²) in [5, 5.41) is 27.2.